The number of hydrogen-bond acceptors (Lipinski definition) is 4. The molecular formula is C18H24FN3O2. The van der Waals surface area contributed by atoms with Gasteiger partial charge in [-0.25, -0.2) is 9.37 Å². The minimum absolute atomic E-state index is 0.105. The maximum absolute atomic E-state index is 14.3. The van der Waals surface area contributed by atoms with Gasteiger partial charge in [-0.05, 0) is 25.5 Å². The second kappa shape index (κ2) is 7.32. The number of imidazole rings is 1. The van der Waals surface area contributed by atoms with E-state index in [1.807, 2.05) is 17.8 Å². The van der Waals surface area contributed by atoms with E-state index in [1.54, 1.807) is 24.4 Å². The summed E-state index contributed by atoms with van der Waals surface area (Å²) in [4.78, 5) is 6.45. The first-order valence-electron chi connectivity index (χ1n) is 8.29. The lowest BCUT2D eigenvalue weighted by atomic mass is 9.91. The molecule has 3 rings (SSSR count). The Morgan fingerprint density at radius 2 is 2.29 bits per heavy atom. The Balaban J connectivity index is 1.69. The van der Waals surface area contributed by atoms with Crippen molar-refractivity contribution in [1.29, 1.82) is 0 Å². The molecule has 1 saturated heterocycles. The molecule has 1 aliphatic heterocycles. The van der Waals surface area contributed by atoms with Crippen molar-refractivity contribution in [1.82, 2.24) is 14.5 Å². The maximum atomic E-state index is 14.3. The van der Waals surface area contributed by atoms with E-state index >= 15 is 0 Å². The van der Waals surface area contributed by atoms with Crippen LogP contribution in [0, 0.1) is 11.7 Å². The van der Waals surface area contributed by atoms with E-state index < -0.39 is 6.10 Å². The first-order valence-corrected chi connectivity index (χ1v) is 8.29. The summed E-state index contributed by atoms with van der Waals surface area (Å²) in [6.45, 7) is 2.15. The molecule has 1 aromatic carbocycles. The summed E-state index contributed by atoms with van der Waals surface area (Å²) in [7, 11) is 3.36. The van der Waals surface area contributed by atoms with E-state index in [2.05, 4.69) is 9.88 Å². The van der Waals surface area contributed by atoms with Crippen molar-refractivity contribution >= 4 is 0 Å². The number of benzene rings is 1. The van der Waals surface area contributed by atoms with Crippen molar-refractivity contribution in [2.45, 2.75) is 25.5 Å². The standard InChI is InChI=1S/C18H24FN3O2/c1-21-10-8-20-18(21)17(23)14-6-4-9-22(12-14)11-13-5-3-7-15(24-2)16(13)19/h3,5,7-8,10,14,17,23H,4,6,9,11-12H2,1-2H3/t14-,17-/m1/s1. The molecule has 6 heteroatoms. The number of ether oxygens (including phenoxy) is 1. The lowest BCUT2D eigenvalue weighted by Gasteiger charge is -2.35. The van der Waals surface area contributed by atoms with Gasteiger partial charge in [-0.2, -0.15) is 0 Å². The Kier molecular flexibility index (Phi) is 5.16. The summed E-state index contributed by atoms with van der Waals surface area (Å²) in [5.74, 6) is 0.767. The molecule has 0 bridgehead atoms. The molecular weight excluding hydrogens is 309 g/mol. The summed E-state index contributed by atoms with van der Waals surface area (Å²) in [5, 5.41) is 10.6. The number of aromatic nitrogens is 2. The number of rotatable bonds is 5. The molecule has 0 aliphatic carbocycles. The third kappa shape index (κ3) is 3.44. The third-order valence-electron chi connectivity index (χ3n) is 4.77. The molecule has 2 atom stereocenters. The molecule has 0 spiro atoms. The molecule has 24 heavy (non-hydrogen) atoms. The fraction of sp³-hybridized carbons (Fsp3) is 0.500. The molecule has 0 radical (unpaired) electrons. The van der Waals surface area contributed by atoms with Gasteiger partial charge in [0, 0.05) is 44.0 Å². The number of piperidine rings is 1. The van der Waals surface area contributed by atoms with Gasteiger partial charge in [-0.3, -0.25) is 4.90 Å². The third-order valence-corrected chi connectivity index (χ3v) is 4.77. The van der Waals surface area contributed by atoms with Crippen LogP contribution in [0.3, 0.4) is 0 Å². The summed E-state index contributed by atoms with van der Waals surface area (Å²) in [6, 6.07) is 5.22. The average Bonchev–Trinajstić information content (AvgIpc) is 3.02. The van der Waals surface area contributed by atoms with Crippen LogP contribution in [0.5, 0.6) is 5.75 Å². The fourth-order valence-electron chi connectivity index (χ4n) is 3.44. The van der Waals surface area contributed by atoms with Crippen LogP contribution in [0.1, 0.15) is 30.3 Å². The van der Waals surface area contributed by atoms with Crippen molar-refractivity contribution in [3.8, 4) is 5.75 Å². The van der Waals surface area contributed by atoms with E-state index in [4.69, 9.17) is 4.74 Å². The minimum Gasteiger partial charge on any atom is -0.494 e. The van der Waals surface area contributed by atoms with Crippen LogP contribution in [0.25, 0.3) is 0 Å². The van der Waals surface area contributed by atoms with E-state index in [0.717, 1.165) is 25.9 Å². The molecule has 2 heterocycles. The van der Waals surface area contributed by atoms with Gasteiger partial charge in [-0.15, -0.1) is 0 Å². The lowest BCUT2D eigenvalue weighted by molar-refractivity contribution is 0.0401. The van der Waals surface area contributed by atoms with Gasteiger partial charge < -0.3 is 14.4 Å². The van der Waals surface area contributed by atoms with E-state index in [1.165, 1.54) is 7.11 Å². The molecule has 1 N–H and O–H groups in total. The van der Waals surface area contributed by atoms with Crippen molar-refractivity contribution in [2.75, 3.05) is 20.2 Å². The highest BCUT2D eigenvalue weighted by atomic mass is 19.1. The van der Waals surface area contributed by atoms with Crippen molar-refractivity contribution in [3.05, 3.63) is 47.8 Å². The highest BCUT2D eigenvalue weighted by Crippen LogP contribution is 2.30. The molecule has 0 amide bonds. The molecule has 2 aromatic rings. The number of halogens is 1. The van der Waals surface area contributed by atoms with Gasteiger partial charge in [-0.1, -0.05) is 12.1 Å². The Labute approximate surface area is 141 Å². The number of methoxy groups -OCH3 is 1. The van der Waals surface area contributed by atoms with Gasteiger partial charge in [0.1, 0.15) is 11.9 Å². The van der Waals surface area contributed by atoms with Crippen LogP contribution < -0.4 is 4.74 Å². The summed E-state index contributed by atoms with van der Waals surface area (Å²) in [6.07, 6.45) is 4.88. The molecule has 0 unspecified atom stereocenters. The topological polar surface area (TPSA) is 50.5 Å². The summed E-state index contributed by atoms with van der Waals surface area (Å²) in [5.41, 5.74) is 0.626. The second-order valence-electron chi connectivity index (χ2n) is 6.41. The minimum atomic E-state index is -0.594. The zero-order chi connectivity index (χ0) is 17.1. The van der Waals surface area contributed by atoms with E-state index in [-0.39, 0.29) is 17.5 Å². The largest absolute Gasteiger partial charge is 0.494 e. The van der Waals surface area contributed by atoms with Gasteiger partial charge in [0.05, 0.1) is 7.11 Å². The number of nitrogens with zero attached hydrogens (tertiary/aromatic N) is 3. The zero-order valence-electron chi connectivity index (χ0n) is 14.2. The first-order chi connectivity index (χ1) is 11.6. The summed E-state index contributed by atoms with van der Waals surface area (Å²) >= 11 is 0. The van der Waals surface area contributed by atoms with Gasteiger partial charge >= 0.3 is 0 Å². The van der Waals surface area contributed by atoms with Crippen LogP contribution in [0.2, 0.25) is 0 Å². The SMILES string of the molecule is COc1cccc(CN2CCC[C@@H]([C@@H](O)c3nccn3C)C2)c1F. The molecule has 0 saturated carbocycles. The average molecular weight is 333 g/mol. The number of likely N-dealkylation sites (tertiary alicyclic amines) is 1. The number of aliphatic hydroxyl groups excluding tert-OH is 1. The second-order valence-corrected chi connectivity index (χ2v) is 6.41. The van der Waals surface area contributed by atoms with E-state index in [9.17, 15) is 9.50 Å². The normalized spacial score (nSPS) is 20.1. The Morgan fingerprint density at radius 1 is 1.46 bits per heavy atom. The molecule has 5 nitrogen and oxygen atoms in total. The smallest absolute Gasteiger partial charge is 0.169 e. The highest BCUT2D eigenvalue weighted by Gasteiger charge is 2.29. The Morgan fingerprint density at radius 3 is 3.00 bits per heavy atom. The first kappa shape index (κ1) is 16.9. The fourth-order valence-corrected chi connectivity index (χ4v) is 3.44. The van der Waals surface area contributed by atoms with Crippen molar-refractivity contribution in [2.24, 2.45) is 13.0 Å². The Bertz CT molecular complexity index is 689. The van der Waals surface area contributed by atoms with Crippen LogP contribution in [-0.2, 0) is 13.6 Å². The van der Waals surface area contributed by atoms with Crippen LogP contribution in [0.15, 0.2) is 30.6 Å². The molecule has 1 aromatic heterocycles. The van der Waals surface area contributed by atoms with Crippen molar-refractivity contribution < 1.29 is 14.2 Å². The molecule has 1 fully saturated rings. The Hall–Kier alpha value is -1.92. The lowest BCUT2D eigenvalue weighted by Crippen LogP contribution is -2.38. The number of aryl methyl sites for hydroxylation is 1. The number of hydrogen-bond donors (Lipinski definition) is 1. The van der Waals surface area contributed by atoms with Gasteiger partial charge in [0.15, 0.2) is 11.6 Å². The predicted octanol–water partition coefficient (Wildman–Crippen LogP) is 2.51. The zero-order valence-corrected chi connectivity index (χ0v) is 14.2. The van der Waals surface area contributed by atoms with Crippen molar-refractivity contribution in [3.63, 3.8) is 0 Å². The number of aliphatic hydroxyl groups is 1. The van der Waals surface area contributed by atoms with Gasteiger partial charge in [0.2, 0.25) is 0 Å². The van der Waals surface area contributed by atoms with Crippen LogP contribution in [0.4, 0.5) is 4.39 Å². The molecule has 130 valence electrons. The monoisotopic (exact) mass is 333 g/mol. The molecule has 1 aliphatic rings. The highest BCUT2D eigenvalue weighted by molar-refractivity contribution is 5.31. The van der Waals surface area contributed by atoms with Gasteiger partial charge in [0.25, 0.3) is 0 Å². The summed E-state index contributed by atoms with van der Waals surface area (Å²) < 4.78 is 21.2. The quantitative estimate of drug-likeness (QED) is 0.913. The van der Waals surface area contributed by atoms with Crippen LogP contribution >= 0.6 is 0 Å². The predicted molar refractivity (Wildman–Crippen MR) is 89.1 cm³/mol. The maximum Gasteiger partial charge on any atom is 0.169 e. The van der Waals surface area contributed by atoms with E-state index in [0.29, 0.717) is 17.9 Å². The van der Waals surface area contributed by atoms with Crippen LogP contribution in [-0.4, -0.2) is 39.8 Å².